The Labute approximate surface area is 167 Å². The van der Waals surface area contributed by atoms with Gasteiger partial charge in [-0.2, -0.15) is 0 Å². The summed E-state index contributed by atoms with van der Waals surface area (Å²) in [4.78, 5) is 35.8. The first kappa shape index (κ1) is 17.8. The molecule has 5 rings (SSSR count). The first-order chi connectivity index (χ1) is 14.1. The molecule has 0 spiro atoms. The van der Waals surface area contributed by atoms with Crippen LogP contribution < -0.4 is 9.80 Å². The van der Waals surface area contributed by atoms with Crippen molar-refractivity contribution >= 4 is 34.2 Å². The predicted molar refractivity (Wildman–Crippen MR) is 108 cm³/mol. The molecule has 2 amide bonds. The molecule has 148 valence electrons. The molecule has 1 fully saturated rings. The fourth-order valence-electron chi connectivity index (χ4n) is 4.26. The van der Waals surface area contributed by atoms with Crippen molar-refractivity contribution in [2.75, 3.05) is 22.9 Å². The molecule has 7 heteroatoms. The number of carbonyl (C=O) groups excluding carboxylic acids is 2. The summed E-state index contributed by atoms with van der Waals surface area (Å²) in [6.07, 6.45) is 3.01. The lowest BCUT2D eigenvalue weighted by molar-refractivity contribution is -0.118. The highest BCUT2D eigenvalue weighted by molar-refractivity contribution is 5.98. The van der Waals surface area contributed by atoms with Crippen LogP contribution in [0.2, 0.25) is 0 Å². The molecule has 1 saturated heterocycles. The summed E-state index contributed by atoms with van der Waals surface area (Å²) in [5.74, 6) is 0.436. The standard InChI is InChI=1S/C22H21FN4O2/c23-16-3-1-4-17-22(16)25-19(24-17)8-9-21(29)27-12-10-14-13-15(6-7-18(14)27)26-11-2-5-20(26)28/h1,3-4,6-7,13H,2,5,8-12H2,(H,24,25). The average molecular weight is 392 g/mol. The molecule has 0 bridgehead atoms. The molecule has 2 aliphatic rings. The summed E-state index contributed by atoms with van der Waals surface area (Å²) in [5, 5.41) is 0. The van der Waals surface area contributed by atoms with Crippen LogP contribution in [0, 0.1) is 5.82 Å². The van der Waals surface area contributed by atoms with E-state index < -0.39 is 0 Å². The van der Waals surface area contributed by atoms with Crippen molar-refractivity contribution in [2.45, 2.75) is 32.1 Å². The maximum atomic E-state index is 13.8. The van der Waals surface area contributed by atoms with Crippen molar-refractivity contribution < 1.29 is 14.0 Å². The lowest BCUT2D eigenvalue weighted by atomic mass is 10.1. The Morgan fingerprint density at radius 1 is 1.17 bits per heavy atom. The number of aromatic nitrogens is 2. The zero-order valence-corrected chi connectivity index (χ0v) is 15.9. The zero-order valence-electron chi connectivity index (χ0n) is 15.9. The molecule has 1 N–H and O–H groups in total. The van der Waals surface area contributed by atoms with Gasteiger partial charge in [0.05, 0.1) is 5.52 Å². The predicted octanol–water partition coefficient (Wildman–Crippen LogP) is 3.35. The van der Waals surface area contributed by atoms with Crippen LogP contribution in [0.25, 0.3) is 11.0 Å². The van der Waals surface area contributed by atoms with E-state index in [-0.39, 0.29) is 17.6 Å². The van der Waals surface area contributed by atoms with Gasteiger partial charge in [-0.25, -0.2) is 9.37 Å². The van der Waals surface area contributed by atoms with E-state index in [2.05, 4.69) is 9.97 Å². The van der Waals surface area contributed by atoms with Gasteiger partial charge in [0, 0.05) is 43.7 Å². The van der Waals surface area contributed by atoms with Gasteiger partial charge >= 0.3 is 0 Å². The van der Waals surface area contributed by atoms with Crippen molar-refractivity contribution in [1.29, 1.82) is 0 Å². The summed E-state index contributed by atoms with van der Waals surface area (Å²) < 4.78 is 13.8. The number of H-pyrrole nitrogens is 1. The van der Waals surface area contributed by atoms with Gasteiger partial charge in [0.15, 0.2) is 5.82 Å². The van der Waals surface area contributed by atoms with E-state index in [0.29, 0.717) is 42.7 Å². The van der Waals surface area contributed by atoms with Gasteiger partial charge < -0.3 is 14.8 Å². The Morgan fingerprint density at radius 3 is 2.86 bits per heavy atom. The molecule has 0 radical (unpaired) electrons. The van der Waals surface area contributed by atoms with Crippen molar-refractivity contribution in [3.05, 3.63) is 53.6 Å². The second-order valence-electron chi connectivity index (χ2n) is 7.58. The van der Waals surface area contributed by atoms with E-state index in [9.17, 15) is 14.0 Å². The maximum Gasteiger partial charge on any atom is 0.227 e. The number of aryl methyl sites for hydroxylation is 1. The number of hydrogen-bond donors (Lipinski definition) is 1. The molecule has 2 aliphatic heterocycles. The Balaban J connectivity index is 1.29. The van der Waals surface area contributed by atoms with Gasteiger partial charge in [0.2, 0.25) is 11.8 Å². The van der Waals surface area contributed by atoms with Crippen LogP contribution in [0.1, 0.15) is 30.7 Å². The number of hydrogen-bond acceptors (Lipinski definition) is 3. The number of nitrogens with zero attached hydrogens (tertiary/aromatic N) is 3. The van der Waals surface area contributed by atoms with E-state index in [1.807, 2.05) is 23.1 Å². The van der Waals surface area contributed by atoms with Gasteiger partial charge in [-0.05, 0) is 48.7 Å². The fraction of sp³-hybridized carbons (Fsp3) is 0.318. The quantitative estimate of drug-likeness (QED) is 0.740. The second-order valence-corrected chi connectivity index (χ2v) is 7.58. The molecule has 3 heterocycles. The molecule has 0 unspecified atom stereocenters. The van der Waals surface area contributed by atoms with E-state index in [4.69, 9.17) is 0 Å². The lowest BCUT2D eigenvalue weighted by Crippen LogP contribution is -2.29. The SMILES string of the molecule is O=C1CCCN1c1ccc2c(c1)CCN2C(=O)CCc1nc2c(F)cccc2[nH]1. The summed E-state index contributed by atoms with van der Waals surface area (Å²) in [7, 11) is 0. The number of carbonyl (C=O) groups is 2. The smallest absolute Gasteiger partial charge is 0.227 e. The van der Waals surface area contributed by atoms with E-state index in [1.165, 1.54) is 6.07 Å². The summed E-state index contributed by atoms with van der Waals surface area (Å²) in [5.41, 5.74) is 3.89. The number of nitrogens with one attached hydrogen (secondary N) is 1. The van der Waals surface area contributed by atoms with Crippen molar-refractivity contribution in [2.24, 2.45) is 0 Å². The highest BCUT2D eigenvalue weighted by Gasteiger charge is 2.27. The average Bonchev–Trinajstić information content (AvgIpc) is 3.43. The maximum absolute atomic E-state index is 13.8. The van der Waals surface area contributed by atoms with Gasteiger partial charge in [-0.15, -0.1) is 0 Å². The largest absolute Gasteiger partial charge is 0.342 e. The Bertz CT molecular complexity index is 1120. The molecule has 0 saturated carbocycles. The fourth-order valence-corrected chi connectivity index (χ4v) is 4.26. The third-order valence-corrected chi connectivity index (χ3v) is 5.73. The Morgan fingerprint density at radius 2 is 2.07 bits per heavy atom. The minimum atomic E-state index is -0.364. The minimum absolute atomic E-state index is 0.0228. The Hall–Kier alpha value is -3.22. The van der Waals surface area contributed by atoms with E-state index in [0.717, 1.165) is 36.3 Å². The number of para-hydroxylation sites is 1. The molecule has 2 aromatic carbocycles. The monoisotopic (exact) mass is 392 g/mol. The summed E-state index contributed by atoms with van der Waals surface area (Å²) in [6, 6.07) is 10.7. The first-order valence-electron chi connectivity index (χ1n) is 9.97. The second kappa shape index (κ2) is 6.99. The number of benzene rings is 2. The topological polar surface area (TPSA) is 69.3 Å². The summed E-state index contributed by atoms with van der Waals surface area (Å²) in [6.45, 7) is 1.40. The lowest BCUT2D eigenvalue weighted by Gasteiger charge is -2.19. The van der Waals surface area contributed by atoms with E-state index in [1.54, 1.807) is 17.0 Å². The van der Waals surface area contributed by atoms with Crippen LogP contribution >= 0.6 is 0 Å². The highest BCUT2D eigenvalue weighted by atomic mass is 19.1. The number of anilines is 2. The van der Waals surface area contributed by atoms with Crippen LogP contribution in [0.3, 0.4) is 0 Å². The normalized spacial score (nSPS) is 16.1. The zero-order chi connectivity index (χ0) is 20.0. The van der Waals surface area contributed by atoms with Crippen molar-refractivity contribution in [3.8, 4) is 0 Å². The van der Waals surface area contributed by atoms with Crippen molar-refractivity contribution in [1.82, 2.24) is 9.97 Å². The first-order valence-corrected chi connectivity index (χ1v) is 9.97. The number of halogens is 1. The molecular weight excluding hydrogens is 371 g/mol. The molecule has 0 aliphatic carbocycles. The van der Waals surface area contributed by atoms with Crippen LogP contribution in [-0.2, 0) is 22.4 Å². The van der Waals surface area contributed by atoms with Crippen molar-refractivity contribution in [3.63, 3.8) is 0 Å². The molecule has 29 heavy (non-hydrogen) atoms. The van der Waals surface area contributed by atoms with Crippen LogP contribution in [-0.4, -0.2) is 34.9 Å². The van der Waals surface area contributed by atoms with Gasteiger partial charge in [-0.3, -0.25) is 9.59 Å². The van der Waals surface area contributed by atoms with Gasteiger partial charge in [-0.1, -0.05) is 6.07 Å². The van der Waals surface area contributed by atoms with E-state index >= 15 is 0 Å². The van der Waals surface area contributed by atoms with Crippen LogP contribution in [0.4, 0.5) is 15.8 Å². The summed E-state index contributed by atoms with van der Waals surface area (Å²) >= 11 is 0. The molecule has 3 aromatic rings. The third-order valence-electron chi connectivity index (χ3n) is 5.73. The number of aromatic amines is 1. The number of fused-ring (bicyclic) bond motifs is 2. The van der Waals surface area contributed by atoms with Gasteiger partial charge in [0.1, 0.15) is 11.3 Å². The molecular formula is C22H21FN4O2. The molecule has 0 atom stereocenters. The highest BCUT2D eigenvalue weighted by Crippen LogP contribution is 2.33. The Kier molecular flexibility index (Phi) is 4.30. The van der Waals surface area contributed by atoms with Gasteiger partial charge in [0.25, 0.3) is 0 Å². The molecule has 1 aromatic heterocycles. The molecule has 6 nitrogen and oxygen atoms in total. The minimum Gasteiger partial charge on any atom is -0.342 e. The van der Waals surface area contributed by atoms with Crippen LogP contribution in [0.5, 0.6) is 0 Å². The third kappa shape index (κ3) is 3.16. The number of rotatable bonds is 4. The number of amides is 2. The number of imidazole rings is 1. The van der Waals surface area contributed by atoms with Crippen LogP contribution in [0.15, 0.2) is 36.4 Å².